The molecule has 0 amide bonds. The second kappa shape index (κ2) is 5.59. The first-order chi connectivity index (χ1) is 10.9. The van der Waals surface area contributed by atoms with Gasteiger partial charge in [0.2, 0.25) is 0 Å². The van der Waals surface area contributed by atoms with E-state index in [9.17, 15) is 9.59 Å². The highest BCUT2D eigenvalue weighted by molar-refractivity contribution is 6.07. The molecule has 2 nitrogen and oxygen atoms in total. The smallest absolute Gasteiger partial charge is 0.169 e. The number of hydrogen-bond donors (Lipinski definition) is 0. The number of ketones is 1. The SMILES string of the molecule is CC1=CC[C@H]2C(C)(C)C=CC(=O)[C@@]2(C=O)[C@H]1Cc1ccccc1. The van der Waals surface area contributed by atoms with Gasteiger partial charge >= 0.3 is 0 Å². The molecule has 0 fully saturated rings. The lowest BCUT2D eigenvalue weighted by molar-refractivity contribution is -0.143. The van der Waals surface area contributed by atoms with Crippen molar-refractivity contribution in [1.82, 2.24) is 0 Å². The van der Waals surface area contributed by atoms with Crippen LogP contribution in [0.25, 0.3) is 0 Å². The van der Waals surface area contributed by atoms with E-state index in [2.05, 4.69) is 39.0 Å². The van der Waals surface area contributed by atoms with Gasteiger partial charge in [0.05, 0.1) is 5.41 Å². The number of fused-ring (bicyclic) bond motifs is 1. The Balaban J connectivity index is 2.11. The predicted molar refractivity (Wildman–Crippen MR) is 91.9 cm³/mol. The number of hydrogen-bond acceptors (Lipinski definition) is 2. The Bertz CT molecular complexity index is 681. The van der Waals surface area contributed by atoms with Crippen LogP contribution in [0, 0.1) is 22.7 Å². The van der Waals surface area contributed by atoms with Crippen molar-refractivity contribution in [2.45, 2.75) is 33.6 Å². The van der Waals surface area contributed by atoms with E-state index in [4.69, 9.17) is 0 Å². The summed E-state index contributed by atoms with van der Waals surface area (Å²) in [5, 5.41) is 0. The number of carbonyl (C=O) groups is 2. The lowest BCUT2D eigenvalue weighted by atomic mass is 9.49. The normalized spacial score (nSPS) is 32.1. The van der Waals surface area contributed by atoms with E-state index < -0.39 is 5.41 Å². The topological polar surface area (TPSA) is 34.1 Å². The third-order valence-corrected chi connectivity index (χ3v) is 5.85. The lowest BCUT2D eigenvalue weighted by Gasteiger charge is -2.51. The van der Waals surface area contributed by atoms with Crippen LogP contribution in [0.1, 0.15) is 32.8 Å². The molecule has 0 saturated carbocycles. The van der Waals surface area contributed by atoms with E-state index in [0.29, 0.717) is 0 Å². The van der Waals surface area contributed by atoms with Crippen LogP contribution in [0.5, 0.6) is 0 Å². The zero-order valence-corrected chi connectivity index (χ0v) is 14.1. The summed E-state index contributed by atoms with van der Waals surface area (Å²) >= 11 is 0. The van der Waals surface area contributed by atoms with Crippen LogP contribution in [-0.4, -0.2) is 12.1 Å². The molecule has 1 aromatic rings. The van der Waals surface area contributed by atoms with E-state index in [-0.39, 0.29) is 23.0 Å². The van der Waals surface area contributed by atoms with Gasteiger partial charge in [-0.05, 0) is 42.7 Å². The van der Waals surface area contributed by atoms with Crippen molar-refractivity contribution in [3.8, 4) is 0 Å². The second-order valence-electron chi connectivity index (χ2n) is 7.55. The maximum absolute atomic E-state index is 12.9. The van der Waals surface area contributed by atoms with E-state index in [1.54, 1.807) is 6.08 Å². The predicted octanol–water partition coefficient (Wildman–Crippen LogP) is 4.16. The third-order valence-electron chi connectivity index (χ3n) is 5.85. The minimum Gasteiger partial charge on any atom is -0.302 e. The van der Waals surface area contributed by atoms with E-state index in [1.807, 2.05) is 24.3 Å². The average molecular weight is 308 g/mol. The minimum atomic E-state index is -0.924. The standard InChI is InChI=1S/C21H24O2/c1-15-9-10-18-20(2,3)12-11-19(23)21(18,14-22)17(15)13-16-7-5-4-6-8-16/h4-9,11-12,14,17-18H,10,13H2,1-3H3/t17-,18-,21-/m0/s1. The monoisotopic (exact) mass is 308 g/mol. The Labute approximate surface area is 138 Å². The zero-order valence-electron chi connectivity index (χ0n) is 14.1. The van der Waals surface area contributed by atoms with Gasteiger partial charge in [0.15, 0.2) is 5.78 Å². The van der Waals surface area contributed by atoms with Crippen molar-refractivity contribution in [3.63, 3.8) is 0 Å². The average Bonchev–Trinajstić information content (AvgIpc) is 2.54. The first-order valence-corrected chi connectivity index (χ1v) is 8.32. The van der Waals surface area contributed by atoms with Crippen molar-refractivity contribution in [2.24, 2.45) is 22.7 Å². The van der Waals surface area contributed by atoms with Gasteiger partial charge in [-0.3, -0.25) is 4.79 Å². The number of benzene rings is 1. The molecule has 2 aliphatic carbocycles. The molecular formula is C21H24O2. The minimum absolute atomic E-state index is 0.0230. The largest absolute Gasteiger partial charge is 0.302 e. The fourth-order valence-corrected chi connectivity index (χ4v) is 4.48. The summed E-state index contributed by atoms with van der Waals surface area (Å²) in [6, 6.07) is 10.2. The molecule has 3 atom stereocenters. The number of aldehydes is 1. The summed E-state index contributed by atoms with van der Waals surface area (Å²) in [5.74, 6) is -0.0505. The summed E-state index contributed by atoms with van der Waals surface area (Å²) in [5.41, 5.74) is 1.26. The quantitative estimate of drug-likeness (QED) is 0.477. The van der Waals surface area contributed by atoms with Gasteiger partial charge in [0, 0.05) is 5.92 Å². The van der Waals surface area contributed by atoms with Crippen molar-refractivity contribution in [2.75, 3.05) is 0 Å². The molecule has 0 unspecified atom stereocenters. The van der Waals surface area contributed by atoms with Gasteiger partial charge in [-0.15, -0.1) is 0 Å². The Morgan fingerprint density at radius 2 is 1.91 bits per heavy atom. The molecule has 2 aliphatic rings. The summed E-state index contributed by atoms with van der Waals surface area (Å²) < 4.78 is 0. The molecule has 0 saturated heterocycles. The fourth-order valence-electron chi connectivity index (χ4n) is 4.48. The summed E-state index contributed by atoms with van der Waals surface area (Å²) in [6.45, 7) is 6.33. The lowest BCUT2D eigenvalue weighted by Crippen LogP contribution is -2.55. The molecule has 0 heterocycles. The van der Waals surface area contributed by atoms with Crippen LogP contribution >= 0.6 is 0 Å². The first kappa shape index (κ1) is 15.9. The molecule has 0 aliphatic heterocycles. The van der Waals surface area contributed by atoms with Crippen molar-refractivity contribution in [1.29, 1.82) is 0 Å². The third kappa shape index (κ3) is 2.41. The highest BCUT2D eigenvalue weighted by Crippen LogP contribution is 2.55. The Hall–Kier alpha value is -1.96. The number of carbonyl (C=O) groups excluding carboxylic acids is 2. The zero-order chi connectivity index (χ0) is 16.7. The van der Waals surface area contributed by atoms with E-state index >= 15 is 0 Å². The van der Waals surface area contributed by atoms with Gasteiger partial charge in [-0.2, -0.15) is 0 Å². The van der Waals surface area contributed by atoms with Gasteiger partial charge in [-0.25, -0.2) is 0 Å². The van der Waals surface area contributed by atoms with Crippen LogP contribution in [0.3, 0.4) is 0 Å². The summed E-state index contributed by atoms with van der Waals surface area (Å²) in [7, 11) is 0. The van der Waals surface area contributed by atoms with Gasteiger partial charge < -0.3 is 4.79 Å². The van der Waals surface area contributed by atoms with E-state index in [0.717, 1.165) is 24.7 Å². The maximum Gasteiger partial charge on any atom is 0.169 e. The van der Waals surface area contributed by atoms with Gasteiger partial charge in [0.1, 0.15) is 6.29 Å². The molecule has 23 heavy (non-hydrogen) atoms. The summed E-state index contributed by atoms with van der Waals surface area (Å²) in [4.78, 5) is 25.1. The van der Waals surface area contributed by atoms with E-state index in [1.165, 1.54) is 5.56 Å². The van der Waals surface area contributed by atoms with Crippen LogP contribution in [0.15, 0.2) is 54.1 Å². The molecule has 1 aromatic carbocycles. The molecule has 0 aromatic heterocycles. The van der Waals surface area contributed by atoms with Crippen LogP contribution in [-0.2, 0) is 16.0 Å². The van der Waals surface area contributed by atoms with Crippen molar-refractivity contribution in [3.05, 3.63) is 59.7 Å². The highest BCUT2D eigenvalue weighted by atomic mass is 16.1. The Morgan fingerprint density at radius 3 is 2.57 bits per heavy atom. The van der Waals surface area contributed by atoms with Crippen LogP contribution in [0.2, 0.25) is 0 Å². The molecule has 0 radical (unpaired) electrons. The molecule has 0 N–H and O–H groups in total. The molecule has 3 rings (SSSR count). The molecule has 0 spiro atoms. The van der Waals surface area contributed by atoms with Crippen LogP contribution in [0.4, 0.5) is 0 Å². The number of allylic oxidation sites excluding steroid dienone is 4. The first-order valence-electron chi connectivity index (χ1n) is 8.32. The van der Waals surface area contributed by atoms with Crippen LogP contribution < -0.4 is 0 Å². The van der Waals surface area contributed by atoms with Gasteiger partial charge in [0.25, 0.3) is 0 Å². The molecule has 0 bridgehead atoms. The molecular weight excluding hydrogens is 284 g/mol. The van der Waals surface area contributed by atoms with Crippen molar-refractivity contribution < 1.29 is 9.59 Å². The maximum atomic E-state index is 12.9. The molecule has 120 valence electrons. The Morgan fingerprint density at radius 1 is 1.22 bits per heavy atom. The fraction of sp³-hybridized carbons (Fsp3) is 0.429. The second-order valence-corrected chi connectivity index (χ2v) is 7.55. The molecule has 2 heteroatoms. The Kier molecular flexibility index (Phi) is 3.87. The van der Waals surface area contributed by atoms with Crippen molar-refractivity contribution >= 4 is 12.1 Å². The highest BCUT2D eigenvalue weighted by Gasteiger charge is 2.57. The summed E-state index contributed by atoms with van der Waals surface area (Å²) in [6.07, 6.45) is 8.33. The van der Waals surface area contributed by atoms with Gasteiger partial charge in [-0.1, -0.05) is 61.9 Å². The number of rotatable bonds is 3.